The highest BCUT2D eigenvalue weighted by Crippen LogP contribution is 2.34. The van der Waals surface area contributed by atoms with Gasteiger partial charge >= 0.3 is 5.97 Å². The summed E-state index contributed by atoms with van der Waals surface area (Å²) in [5.74, 6) is 0.463. The topological polar surface area (TPSA) is 64.5 Å². The molecule has 4 rings (SSSR count). The lowest BCUT2D eigenvalue weighted by Crippen LogP contribution is -2.37. The first-order valence-electron chi connectivity index (χ1n) is 9.07. The summed E-state index contributed by atoms with van der Waals surface area (Å²) in [6, 6.07) is 13.6. The third kappa shape index (κ3) is 3.55. The number of methoxy groups -OCH3 is 1. The predicted octanol–water partition coefficient (Wildman–Crippen LogP) is 3.64. The third-order valence-electron chi connectivity index (χ3n) is 4.78. The number of morpholine rings is 1. The van der Waals surface area contributed by atoms with Gasteiger partial charge in [-0.3, -0.25) is 0 Å². The van der Waals surface area contributed by atoms with Crippen LogP contribution in [0.15, 0.2) is 47.6 Å². The molecular weight excluding hydrogens is 374 g/mol. The molecule has 0 aliphatic carbocycles. The molecule has 1 aliphatic rings. The first-order valence-corrected chi connectivity index (χ1v) is 10.3. The number of aromatic nitrogens is 2. The van der Waals surface area contributed by atoms with Gasteiger partial charge in [0.15, 0.2) is 5.16 Å². The number of hydrogen-bond donors (Lipinski definition) is 0. The van der Waals surface area contributed by atoms with Gasteiger partial charge in [-0.05, 0) is 29.5 Å². The van der Waals surface area contributed by atoms with Gasteiger partial charge in [0.1, 0.15) is 5.82 Å². The number of ether oxygens (including phenoxy) is 2. The highest BCUT2D eigenvalue weighted by molar-refractivity contribution is 7.98. The number of esters is 1. The molecule has 28 heavy (non-hydrogen) atoms. The predicted molar refractivity (Wildman–Crippen MR) is 111 cm³/mol. The van der Waals surface area contributed by atoms with Crippen molar-refractivity contribution >= 4 is 34.5 Å². The molecule has 144 valence electrons. The second-order valence-corrected chi connectivity index (χ2v) is 7.18. The van der Waals surface area contributed by atoms with Crippen molar-refractivity contribution in [3.63, 3.8) is 0 Å². The molecule has 0 saturated carbocycles. The summed E-state index contributed by atoms with van der Waals surface area (Å²) in [5, 5.41) is 1.55. The molecule has 2 aromatic carbocycles. The fourth-order valence-electron chi connectivity index (χ4n) is 3.38. The van der Waals surface area contributed by atoms with Crippen LogP contribution >= 0.6 is 11.8 Å². The van der Waals surface area contributed by atoms with E-state index in [1.165, 1.54) is 18.9 Å². The van der Waals surface area contributed by atoms with Crippen molar-refractivity contribution in [2.24, 2.45) is 0 Å². The van der Waals surface area contributed by atoms with E-state index in [1.54, 1.807) is 0 Å². The lowest BCUT2D eigenvalue weighted by molar-refractivity contribution is 0.0602. The summed E-state index contributed by atoms with van der Waals surface area (Å²) in [4.78, 5) is 24.2. The number of thioether (sulfide) groups is 1. The molecule has 7 heteroatoms. The number of benzene rings is 2. The number of carbonyl (C=O) groups excluding carboxylic acids is 1. The van der Waals surface area contributed by atoms with Gasteiger partial charge in [-0.25, -0.2) is 14.8 Å². The Hall–Kier alpha value is -2.64. The maximum absolute atomic E-state index is 12.6. The van der Waals surface area contributed by atoms with E-state index < -0.39 is 0 Å². The number of anilines is 1. The van der Waals surface area contributed by atoms with Gasteiger partial charge in [0.05, 0.1) is 31.4 Å². The number of fused-ring (bicyclic) bond motifs is 1. The normalized spacial score (nSPS) is 14.3. The van der Waals surface area contributed by atoms with Gasteiger partial charge in [-0.2, -0.15) is 0 Å². The molecule has 1 aliphatic heterocycles. The zero-order valence-corrected chi connectivity index (χ0v) is 16.7. The largest absolute Gasteiger partial charge is 0.465 e. The lowest BCUT2D eigenvalue weighted by atomic mass is 9.97. The van der Waals surface area contributed by atoms with Crippen molar-refractivity contribution in [1.82, 2.24) is 9.97 Å². The fraction of sp³-hybridized carbons (Fsp3) is 0.286. The molecule has 0 unspecified atom stereocenters. The zero-order valence-electron chi connectivity index (χ0n) is 15.8. The molecule has 0 spiro atoms. The summed E-state index contributed by atoms with van der Waals surface area (Å²) in [6.45, 7) is 2.83. The van der Waals surface area contributed by atoms with Gasteiger partial charge in [-0.15, -0.1) is 0 Å². The Morgan fingerprint density at radius 3 is 2.57 bits per heavy atom. The van der Waals surface area contributed by atoms with Crippen molar-refractivity contribution in [3.8, 4) is 11.1 Å². The number of carbonyl (C=O) groups is 1. The molecule has 0 radical (unpaired) electrons. The molecular formula is C21H21N3O3S. The van der Waals surface area contributed by atoms with Crippen LogP contribution in [0.5, 0.6) is 0 Å². The third-order valence-corrected chi connectivity index (χ3v) is 5.33. The smallest absolute Gasteiger partial charge is 0.338 e. The molecule has 3 aromatic rings. The van der Waals surface area contributed by atoms with Gasteiger partial charge < -0.3 is 14.4 Å². The Morgan fingerprint density at radius 1 is 1.14 bits per heavy atom. The maximum Gasteiger partial charge on any atom is 0.338 e. The van der Waals surface area contributed by atoms with Crippen molar-refractivity contribution in [3.05, 3.63) is 48.0 Å². The molecule has 0 bridgehead atoms. The summed E-state index contributed by atoms with van der Waals surface area (Å²) in [5.41, 5.74) is 3.07. The average molecular weight is 395 g/mol. The summed E-state index contributed by atoms with van der Waals surface area (Å²) in [7, 11) is 1.40. The van der Waals surface area contributed by atoms with Crippen LogP contribution in [0.25, 0.3) is 22.0 Å². The Bertz CT molecular complexity index is 1000. The van der Waals surface area contributed by atoms with Crippen molar-refractivity contribution in [1.29, 1.82) is 0 Å². The van der Waals surface area contributed by atoms with Gasteiger partial charge in [-0.1, -0.05) is 42.1 Å². The molecule has 0 amide bonds. The zero-order chi connectivity index (χ0) is 19.5. The van der Waals surface area contributed by atoms with Crippen LogP contribution in [0, 0.1) is 0 Å². The quantitative estimate of drug-likeness (QED) is 0.380. The van der Waals surface area contributed by atoms with Crippen LogP contribution in [0.3, 0.4) is 0 Å². The van der Waals surface area contributed by atoms with Crippen LogP contribution < -0.4 is 4.90 Å². The molecule has 2 heterocycles. The van der Waals surface area contributed by atoms with Gasteiger partial charge in [0.2, 0.25) is 0 Å². The van der Waals surface area contributed by atoms with E-state index in [2.05, 4.69) is 4.90 Å². The van der Waals surface area contributed by atoms with E-state index in [9.17, 15) is 4.79 Å². The Labute approximate surface area is 167 Å². The Morgan fingerprint density at radius 2 is 1.89 bits per heavy atom. The maximum atomic E-state index is 12.6. The van der Waals surface area contributed by atoms with E-state index in [4.69, 9.17) is 19.4 Å². The molecule has 0 N–H and O–H groups in total. The van der Waals surface area contributed by atoms with Crippen molar-refractivity contribution in [2.75, 3.05) is 44.6 Å². The van der Waals surface area contributed by atoms with Crippen molar-refractivity contribution in [2.45, 2.75) is 5.16 Å². The van der Waals surface area contributed by atoms with Crippen molar-refractivity contribution < 1.29 is 14.3 Å². The average Bonchev–Trinajstić information content (AvgIpc) is 2.78. The van der Waals surface area contributed by atoms with Gasteiger partial charge in [0.25, 0.3) is 0 Å². The van der Waals surface area contributed by atoms with E-state index in [0.717, 1.165) is 40.9 Å². The molecule has 1 fully saturated rings. The van der Waals surface area contributed by atoms with E-state index in [1.807, 2.05) is 48.7 Å². The molecule has 0 atom stereocenters. The molecule has 1 aromatic heterocycles. The van der Waals surface area contributed by atoms with Crippen LogP contribution in [0.2, 0.25) is 0 Å². The summed E-state index contributed by atoms with van der Waals surface area (Å²) in [6.07, 6.45) is 1.96. The highest BCUT2D eigenvalue weighted by atomic mass is 32.2. The molecule has 6 nitrogen and oxygen atoms in total. The Balaban J connectivity index is 1.97. The number of hydrogen-bond acceptors (Lipinski definition) is 7. The van der Waals surface area contributed by atoms with Crippen LogP contribution in [0.4, 0.5) is 5.82 Å². The first kappa shape index (κ1) is 18.7. The highest BCUT2D eigenvalue weighted by Gasteiger charge is 2.21. The first-order chi connectivity index (χ1) is 13.7. The lowest BCUT2D eigenvalue weighted by Gasteiger charge is -2.29. The summed E-state index contributed by atoms with van der Waals surface area (Å²) < 4.78 is 10.5. The summed E-state index contributed by atoms with van der Waals surface area (Å²) >= 11 is 1.51. The molecule has 1 saturated heterocycles. The minimum absolute atomic E-state index is 0.373. The SMILES string of the molecule is COC(=O)c1cc2c(N3CCOCC3)nc(SC)nc2cc1-c1ccccc1. The number of rotatable bonds is 4. The number of nitrogens with zero attached hydrogens (tertiary/aromatic N) is 3. The standard InChI is InChI=1S/C21H21N3O3S/c1-26-20(25)16-12-17-18(13-15(16)14-6-4-3-5-7-14)22-21(28-2)23-19(17)24-8-10-27-11-9-24/h3-7,12-13H,8-11H2,1-2H3. The van der Waals surface area contributed by atoms with Crippen LogP contribution in [-0.2, 0) is 9.47 Å². The van der Waals surface area contributed by atoms with E-state index >= 15 is 0 Å². The Kier molecular flexibility index (Phi) is 5.45. The van der Waals surface area contributed by atoms with E-state index in [0.29, 0.717) is 23.9 Å². The monoisotopic (exact) mass is 395 g/mol. The van der Waals surface area contributed by atoms with Crippen LogP contribution in [-0.4, -0.2) is 55.6 Å². The second kappa shape index (κ2) is 8.16. The van der Waals surface area contributed by atoms with E-state index in [-0.39, 0.29) is 5.97 Å². The van der Waals surface area contributed by atoms with Gasteiger partial charge in [0, 0.05) is 18.5 Å². The minimum atomic E-state index is -0.373. The minimum Gasteiger partial charge on any atom is -0.465 e. The van der Waals surface area contributed by atoms with Crippen LogP contribution in [0.1, 0.15) is 10.4 Å². The fourth-order valence-corrected chi connectivity index (χ4v) is 3.75. The second-order valence-electron chi connectivity index (χ2n) is 6.41.